The van der Waals surface area contributed by atoms with Crippen molar-refractivity contribution in [3.8, 4) is 10.6 Å². The monoisotopic (exact) mass is 373 g/mol. The number of hydrogen-bond donors (Lipinski definition) is 2. The Morgan fingerprint density at radius 2 is 2.17 bits per heavy atom. The molecule has 23 heavy (non-hydrogen) atoms. The number of carbonyl (C=O) groups excluding carboxylic acids is 1. The fraction of sp³-hybridized carbons (Fsp3) is 0.500. The molecule has 0 saturated heterocycles. The maximum absolute atomic E-state index is 11.9. The Morgan fingerprint density at radius 3 is 2.78 bits per heavy atom. The van der Waals surface area contributed by atoms with E-state index >= 15 is 0 Å². The van der Waals surface area contributed by atoms with Gasteiger partial charge in [-0.15, -0.1) is 35.1 Å². The molecule has 2 rings (SSSR count). The number of rotatable bonds is 7. The number of thiophene rings is 1. The zero-order chi connectivity index (χ0) is 16.1. The first-order valence-corrected chi connectivity index (χ1v) is 9.25. The number of carbonyl (C=O) groups is 1. The lowest BCUT2D eigenvalue weighted by atomic mass is 9.99. The van der Waals surface area contributed by atoms with Crippen molar-refractivity contribution < 1.29 is 4.79 Å². The second-order valence-electron chi connectivity index (χ2n) is 5.47. The molecule has 0 saturated carbocycles. The molecule has 0 aliphatic carbocycles. The van der Waals surface area contributed by atoms with Crippen molar-refractivity contribution in [2.24, 2.45) is 11.7 Å². The molecule has 0 fully saturated rings. The minimum absolute atomic E-state index is 0. The number of amides is 1. The van der Waals surface area contributed by atoms with Crippen LogP contribution in [0.4, 0.5) is 0 Å². The minimum Gasteiger partial charge on any atom is -0.354 e. The number of nitrogens with one attached hydrogen (secondary N) is 1. The highest BCUT2D eigenvalue weighted by Gasteiger charge is 2.18. The Balaban J connectivity index is 0.00000264. The molecule has 0 aliphatic rings. The molecule has 0 bridgehead atoms. The molecular formula is C16H24ClN3OS2. The van der Waals surface area contributed by atoms with Crippen LogP contribution >= 0.6 is 35.1 Å². The molecule has 2 aromatic rings. The van der Waals surface area contributed by atoms with Gasteiger partial charge in [-0.2, -0.15) is 0 Å². The SMILES string of the molecule is CCC(C)C(N)C(=O)NCCc1ccc(-c2csc(C)n2)s1.Cl. The quantitative estimate of drug-likeness (QED) is 0.778. The molecular weight excluding hydrogens is 350 g/mol. The van der Waals surface area contributed by atoms with E-state index in [9.17, 15) is 4.79 Å². The van der Waals surface area contributed by atoms with E-state index in [2.05, 4.69) is 27.8 Å². The van der Waals surface area contributed by atoms with Gasteiger partial charge in [0.05, 0.1) is 21.6 Å². The van der Waals surface area contributed by atoms with Gasteiger partial charge in [-0.3, -0.25) is 4.79 Å². The van der Waals surface area contributed by atoms with Crippen LogP contribution in [-0.4, -0.2) is 23.5 Å². The van der Waals surface area contributed by atoms with E-state index in [1.165, 1.54) is 9.75 Å². The van der Waals surface area contributed by atoms with Crippen molar-refractivity contribution in [3.05, 3.63) is 27.4 Å². The van der Waals surface area contributed by atoms with Crippen molar-refractivity contribution >= 4 is 41.0 Å². The number of aryl methyl sites for hydroxylation is 1. The topological polar surface area (TPSA) is 68.0 Å². The summed E-state index contributed by atoms with van der Waals surface area (Å²) in [6.45, 7) is 6.69. The lowest BCUT2D eigenvalue weighted by Crippen LogP contribution is -2.45. The van der Waals surface area contributed by atoms with Gasteiger partial charge in [-0.1, -0.05) is 20.3 Å². The van der Waals surface area contributed by atoms with Gasteiger partial charge in [-0.05, 0) is 31.4 Å². The average Bonchev–Trinajstić information content (AvgIpc) is 3.14. The van der Waals surface area contributed by atoms with Gasteiger partial charge >= 0.3 is 0 Å². The first-order chi connectivity index (χ1) is 10.5. The Kier molecular flexibility index (Phi) is 8.19. The van der Waals surface area contributed by atoms with Crippen LogP contribution in [0.5, 0.6) is 0 Å². The number of thiazole rings is 1. The predicted octanol–water partition coefficient (Wildman–Crippen LogP) is 3.63. The summed E-state index contributed by atoms with van der Waals surface area (Å²) in [6.07, 6.45) is 1.74. The van der Waals surface area contributed by atoms with Crippen LogP contribution in [0.2, 0.25) is 0 Å². The lowest BCUT2D eigenvalue weighted by Gasteiger charge is -2.17. The third-order valence-corrected chi connectivity index (χ3v) is 5.70. The summed E-state index contributed by atoms with van der Waals surface area (Å²) in [7, 11) is 0. The summed E-state index contributed by atoms with van der Waals surface area (Å²) >= 11 is 3.39. The summed E-state index contributed by atoms with van der Waals surface area (Å²) < 4.78 is 0. The molecule has 0 aromatic carbocycles. The van der Waals surface area contributed by atoms with Crippen LogP contribution in [0, 0.1) is 12.8 Å². The van der Waals surface area contributed by atoms with Gasteiger partial charge in [0.15, 0.2) is 0 Å². The fourth-order valence-electron chi connectivity index (χ4n) is 2.07. The second kappa shape index (κ2) is 9.37. The smallest absolute Gasteiger partial charge is 0.237 e. The van der Waals surface area contributed by atoms with Gasteiger partial charge in [0.1, 0.15) is 0 Å². The summed E-state index contributed by atoms with van der Waals surface area (Å²) in [5.74, 6) is 0.155. The summed E-state index contributed by atoms with van der Waals surface area (Å²) in [6, 6.07) is 3.79. The van der Waals surface area contributed by atoms with Crippen molar-refractivity contribution in [2.75, 3.05) is 6.54 Å². The molecule has 2 unspecified atom stereocenters. The normalized spacial score (nSPS) is 13.2. The molecule has 0 spiro atoms. The van der Waals surface area contributed by atoms with Crippen molar-refractivity contribution in [2.45, 2.75) is 39.7 Å². The molecule has 3 N–H and O–H groups in total. The first-order valence-electron chi connectivity index (χ1n) is 7.55. The maximum atomic E-state index is 11.9. The minimum atomic E-state index is -0.415. The molecule has 4 nitrogen and oxygen atoms in total. The van der Waals surface area contributed by atoms with E-state index in [-0.39, 0.29) is 24.2 Å². The molecule has 128 valence electrons. The Morgan fingerprint density at radius 1 is 1.43 bits per heavy atom. The van der Waals surface area contributed by atoms with E-state index in [1.807, 2.05) is 20.8 Å². The highest BCUT2D eigenvalue weighted by molar-refractivity contribution is 7.16. The highest BCUT2D eigenvalue weighted by atomic mass is 35.5. The zero-order valence-corrected chi connectivity index (χ0v) is 16.1. The van der Waals surface area contributed by atoms with Crippen LogP contribution in [0.3, 0.4) is 0 Å². The van der Waals surface area contributed by atoms with E-state index in [0.29, 0.717) is 6.54 Å². The Bertz CT molecular complexity index is 626. The summed E-state index contributed by atoms with van der Waals surface area (Å²) in [5, 5.41) is 6.09. The van der Waals surface area contributed by atoms with Crippen LogP contribution in [-0.2, 0) is 11.2 Å². The molecule has 2 atom stereocenters. The average molecular weight is 374 g/mol. The Hall–Kier alpha value is -0.950. The van der Waals surface area contributed by atoms with Crippen molar-refractivity contribution in [3.63, 3.8) is 0 Å². The standard InChI is InChI=1S/C16H23N3OS2.ClH/c1-4-10(2)15(17)16(20)18-8-7-12-5-6-14(22-12)13-9-21-11(3)19-13;/h5-6,9-10,15H,4,7-8,17H2,1-3H3,(H,18,20);1H. The number of nitrogens with two attached hydrogens (primary N) is 1. The maximum Gasteiger partial charge on any atom is 0.237 e. The summed E-state index contributed by atoms with van der Waals surface area (Å²) in [4.78, 5) is 18.8. The summed E-state index contributed by atoms with van der Waals surface area (Å²) in [5.41, 5.74) is 6.96. The second-order valence-corrected chi connectivity index (χ2v) is 7.70. The van der Waals surface area contributed by atoms with Crippen LogP contribution < -0.4 is 11.1 Å². The van der Waals surface area contributed by atoms with Gasteiger partial charge in [-0.25, -0.2) is 4.98 Å². The first kappa shape index (κ1) is 20.1. The third kappa shape index (κ3) is 5.57. The largest absolute Gasteiger partial charge is 0.354 e. The number of aromatic nitrogens is 1. The molecule has 0 radical (unpaired) electrons. The van der Waals surface area contributed by atoms with Crippen LogP contribution in [0.25, 0.3) is 10.6 Å². The molecule has 0 aliphatic heterocycles. The van der Waals surface area contributed by atoms with Gasteiger partial charge in [0.25, 0.3) is 0 Å². The highest BCUT2D eigenvalue weighted by Crippen LogP contribution is 2.29. The Labute approximate surface area is 151 Å². The van der Waals surface area contributed by atoms with E-state index in [0.717, 1.165) is 23.5 Å². The lowest BCUT2D eigenvalue weighted by molar-refractivity contribution is -0.123. The number of nitrogens with zero attached hydrogens (tertiary/aromatic N) is 1. The van der Waals surface area contributed by atoms with Crippen molar-refractivity contribution in [1.29, 1.82) is 0 Å². The van der Waals surface area contributed by atoms with Crippen molar-refractivity contribution in [1.82, 2.24) is 10.3 Å². The van der Waals surface area contributed by atoms with Crippen LogP contribution in [0.1, 0.15) is 30.2 Å². The predicted molar refractivity (Wildman–Crippen MR) is 102 cm³/mol. The fourth-order valence-corrected chi connectivity index (χ4v) is 3.72. The molecule has 2 heterocycles. The van der Waals surface area contributed by atoms with Gasteiger partial charge in [0.2, 0.25) is 5.91 Å². The van der Waals surface area contributed by atoms with Gasteiger partial charge in [0, 0.05) is 16.8 Å². The van der Waals surface area contributed by atoms with E-state index in [4.69, 9.17) is 5.73 Å². The van der Waals surface area contributed by atoms with E-state index < -0.39 is 6.04 Å². The molecule has 1 amide bonds. The number of halogens is 1. The third-order valence-electron chi connectivity index (χ3n) is 3.76. The molecule has 2 aromatic heterocycles. The van der Waals surface area contributed by atoms with Gasteiger partial charge < -0.3 is 11.1 Å². The molecule has 7 heteroatoms. The zero-order valence-electron chi connectivity index (χ0n) is 13.7. The number of hydrogen-bond acceptors (Lipinski definition) is 5. The van der Waals surface area contributed by atoms with Crippen LogP contribution in [0.15, 0.2) is 17.5 Å². The van der Waals surface area contributed by atoms with E-state index in [1.54, 1.807) is 22.7 Å².